The van der Waals surface area contributed by atoms with E-state index in [1.165, 1.54) is 0 Å². The van der Waals surface area contributed by atoms with Crippen molar-refractivity contribution < 1.29 is 4.79 Å². The first-order chi connectivity index (χ1) is 5.10. The minimum atomic E-state index is -0.0324. The number of carbonyl (C=O) groups excluding carboxylic acids is 1. The predicted molar refractivity (Wildman–Crippen MR) is 50.6 cm³/mol. The standard InChI is InChI=1S/C6H11NOS.C2H6/c1-6(2)7-5(8)3-4-9-6;1-2/h3-4H2,1-2H3,(H,7,8);1-2H3. The lowest BCUT2D eigenvalue weighted by Crippen LogP contribution is -2.44. The molecule has 1 aliphatic rings. The van der Waals surface area contributed by atoms with E-state index in [1.807, 2.05) is 27.7 Å². The molecule has 11 heavy (non-hydrogen) atoms. The first-order valence-corrected chi connectivity index (χ1v) is 5.04. The molecule has 0 aromatic carbocycles. The van der Waals surface area contributed by atoms with Crippen LogP contribution in [0.5, 0.6) is 0 Å². The number of rotatable bonds is 0. The summed E-state index contributed by atoms with van der Waals surface area (Å²) in [5, 5.41) is 2.88. The predicted octanol–water partition coefficient (Wildman–Crippen LogP) is 2.00. The number of hydrogen-bond acceptors (Lipinski definition) is 2. The van der Waals surface area contributed by atoms with Crippen molar-refractivity contribution in [3.8, 4) is 0 Å². The molecule has 0 aromatic heterocycles. The third kappa shape index (κ3) is 4.30. The summed E-state index contributed by atoms with van der Waals surface area (Å²) in [7, 11) is 0. The molecule has 1 N–H and O–H groups in total. The van der Waals surface area contributed by atoms with Gasteiger partial charge in [0, 0.05) is 12.2 Å². The summed E-state index contributed by atoms with van der Waals surface area (Å²) < 4.78 is 0. The van der Waals surface area contributed by atoms with Crippen LogP contribution >= 0.6 is 11.8 Å². The lowest BCUT2D eigenvalue weighted by Gasteiger charge is -2.29. The van der Waals surface area contributed by atoms with Gasteiger partial charge in [0.15, 0.2) is 0 Å². The zero-order valence-electron chi connectivity index (χ0n) is 7.73. The molecule has 0 saturated carbocycles. The van der Waals surface area contributed by atoms with E-state index < -0.39 is 0 Å². The summed E-state index contributed by atoms with van der Waals surface area (Å²) in [5.74, 6) is 1.14. The minimum absolute atomic E-state index is 0.0324. The summed E-state index contributed by atoms with van der Waals surface area (Å²) >= 11 is 1.79. The maximum absolute atomic E-state index is 10.8. The maximum atomic E-state index is 10.8. The first kappa shape index (κ1) is 10.8. The van der Waals surface area contributed by atoms with Gasteiger partial charge in [-0.1, -0.05) is 13.8 Å². The summed E-state index contributed by atoms with van der Waals surface area (Å²) in [6.07, 6.45) is 0.675. The Bertz CT molecular complexity index is 134. The van der Waals surface area contributed by atoms with E-state index in [4.69, 9.17) is 0 Å². The summed E-state index contributed by atoms with van der Waals surface area (Å²) in [5.41, 5.74) is 0. The van der Waals surface area contributed by atoms with Crippen LogP contribution in [0.15, 0.2) is 0 Å². The van der Waals surface area contributed by atoms with E-state index in [-0.39, 0.29) is 10.8 Å². The molecule has 66 valence electrons. The Balaban J connectivity index is 0.000000461. The second-order valence-corrected chi connectivity index (χ2v) is 4.37. The molecule has 0 spiro atoms. The van der Waals surface area contributed by atoms with Gasteiger partial charge in [0.25, 0.3) is 0 Å². The maximum Gasteiger partial charge on any atom is 0.221 e. The zero-order chi connectivity index (χ0) is 8.91. The molecule has 1 aliphatic heterocycles. The minimum Gasteiger partial charge on any atom is -0.342 e. The van der Waals surface area contributed by atoms with Crippen LogP contribution in [0.1, 0.15) is 34.1 Å². The SMILES string of the molecule is CC.CC1(C)NC(=O)CCS1. The van der Waals surface area contributed by atoms with Gasteiger partial charge in [-0.25, -0.2) is 0 Å². The van der Waals surface area contributed by atoms with Crippen LogP contribution in [-0.4, -0.2) is 16.5 Å². The van der Waals surface area contributed by atoms with Gasteiger partial charge in [-0.15, -0.1) is 11.8 Å². The van der Waals surface area contributed by atoms with E-state index in [2.05, 4.69) is 5.32 Å². The topological polar surface area (TPSA) is 29.1 Å². The second kappa shape index (κ2) is 4.65. The van der Waals surface area contributed by atoms with Gasteiger partial charge < -0.3 is 5.32 Å². The van der Waals surface area contributed by atoms with E-state index in [1.54, 1.807) is 11.8 Å². The lowest BCUT2D eigenvalue weighted by molar-refractivity contribution is -0.121. The normalized spacial score (nSPS) is 21.3. The van der Waals surface area contributed by atoms with Crippen LogP contribution < -0.4 is 5.32 Å². The summed E-state index contributed by atoms with van der Waals surface area (Å²) in [6, 6.07) is 0. The number of amides is 1. The van der Waals surface area contributed by atoms with Crippen LogP contribution in [0.2, 0.25) is 0 Å². The highest BCUT2D eigenvalue weighted by atomic mass is 32.2. The molecule has 0 radical (unpaired) electrons. The smallest absolute Gasteiger partial charge is 0.221 e. The molecular weight excluding hydrogens is 158 g/mol. The molecule has 0 aliphatic carbocycles. The highest BCUT2D eigenvalue weighted by molar-refractivity contribution is 8.00. The number of carbonyl (C=O) groups is 1. The van der Waals surface area contributed by atoms with Gasteiger partial charge in [-0.2, -0.15) is 0 Å². The van der Waals surface area contributed by atoms with E-state index in [0.717, 1.165) is 5.75 Å². The first-order valence-electron chi connectivity index (χ1n) is 4.05. The van der Waals surface area contributed by atoms with Crippen molar-refractivity contribution in [3.63, 3.8) is 0 Å². The molecule has 0 aromatic rings. The third-order valence-electron chi connectivity index (χ3n) is 1.23. The van der Waals surface area contributed by atoms with Gasteiger partial charge in [0.05, 0.1) is 4.87 Å². The van der Waals surface area contributed by atoms with Crippen LogP contribution in [-0.2, 0) is 4.79 Å². The zero-order valence-corrected chi connectivity index (χ0v) is 8.55. The average Bonchev–Trinajstić information content (AvgIpc) is 1.89. The Hall–Kier alpha value is -0.180. The molecule has 2 nitrogen and oxygen atoms in total. The third-order valence-corrected chi connectivity index (χ3v) is 2.46. The monoisotopic (exact) mass is 175 g/mol. The molecule has 3 heteroatoms. The molecular formula is C8H17NOS. The van der Waals surface area contributed by atoms with E-state index in [0.29, 0.717) is 6.42 Å². The number of hydrogen-bond donors (Lipinski definition) is 1. The highest BCUT2D eigenvalue weighted by Gasteiger charge is 2.24. The quantitative estimate of drug-likeness (QED) is 0.610. The molecule has 0 unspecified atom stereocenters. The fourth-order valence-electron chi connectivity index (χ4n) is 0.833. The Labute approximate surface area is 73.1 Å². The van der Waals surface area contributed by atoms with Gasteiger partial charge >= 0.3 is 0 Å². The molecule has 1 saturated heterocycles. The molecule has 0 bridgehead atoms. The lowest BCUT2D eigenvalue weighted by atomic mass is 10.3. The molecule has 1 amide bonds. The van der Waals surface area contributed by atoms with Gasteiger partial charge in [-0.05, 0) is 13.8 Å². The number of nitrogens with one attached hydrogen (secondary N) is 1. The summed E-state index contributed by atoms with van der Waals surface area (Å²) in [4.78, 5) is 10.7. The fourth-order valence-corrected chi connectivity index (χ4v) is 1.82. The highest BCUT2D eigenvalue weighted by Crippen LogP contribution is 2.25. The van der Waals surface area contributed by atoms with Gasteiger partial charge in [-0.3, -0.25) is 4.79 Å². The second-order valence-electron chi connectivity index (χ2n) is 2.66. The van der Waals surface area contributed by atoms with Crippen molar-refractivity contribution >= 4 is 17.7 Å². The number of thioether (sulfide) groups is 1. The van der Waals surface area contributed by atoms with Crippen LogP contribution in [0, 0.1) is 0 Å². The Morgan fingerprint density at radius 1 is 1.45 bits per heavy atom. The van der Waals surface area contributed by atoms with Crippen molar-refractivity contribution in [1.29, 1.82) is 0 Å². The van der Waals surface area contributed by atoms with Crippen LogP contribution in [0.4, 0.5) is 0 Å². The fraction of sp³-hybridized carbons (Fsp3) is 0.875. The summed E-state index contributed by atoms with van der Waals surface area (Å²) in [6.45, 7) is 8.05. The largest absolute Gasteiger partial charge is 0.342 e. The van der Waals surface area contributed by atoms with Crippen LogP contribution in [0.3, 0.4) is 0 Å². The molecule has 1 heterocycles. The molecule has 0 atom stereocenters. The Morgan fingerprint density at radius 3 is 2.27 bits per heavy atom. The Morgan fingerprint density at radius 2 is 2.00 bits per heavy atom. The molecule has 1 fully saturated rings. The van der Waals surface area contributed by atoms with Crippen molar-refractivity contribution in [2.45, 2.75) is 39.0 Å². The van der Waals surface area contributed by atoms with Crippen LogP contribution in [0.25, 0.3) is 0 Å². The van der Waals surface area contributed by atoms with E-state index >= 15 is 0 Å². The van der Waals surface area contributed by atoms with Crippen molar-refractivity contribution in [3.05, 3.63) is 0 Å². The average molecular weight is 175 g/mol. The molecule has 1 rings (SSSR count). The van der Waals surface area contributed by atoms with Crippen molar-refractivity contribution in [2.75, 3.05) is 5.75 Å². The Kier molecular flexibility index (Phi) is 4.57. The van der Waals surface area contributed by atoms with Crippen molar-refractivity contribution in [2.24, 2.45) is 0 Å². The van der Waals surface area contributed by atoms with Gasteiger partial charge in [0.1, 0.15) is 0 Å². The van der Waals surface area contributed by atoms with E-state index in [9.17, 15) is 4.79 Å². The van der Waals surface area contributed by atoms with Crippen molar-refractivity contribution in [1.82, 2.24) is 5.32 Å². The van der Waals surface area contributed by atoms with Gasteiger partial charge in [0.2, 0.25) is 5.91 Å².